The van der Waals surface area contributed by atoms with Crippen LogP contribution < -0.4 is 19.5 Å². The summed E-state index contributed by atoms with van der Waals surface area (Å²) in [6, 6.07) is 7.78. The normalized spacial score (nSPS) is 11.7. The Morgan fingerprint density at radius 3 is 2.47 bits per heavy atom. The quantitative estimate of drug-likeness (QED) is 0.338. The number of carbonyl (C=O) groups excluding carboxylic acids is 1. The Kier molecular flexibility index (Phi) is 8.23. The fourth-order valence-corrected chi connectivity index (χ4v) is 4.03. The second-order valence-electron chi connectivity index (χ2n) is 8.45. The van der Waals surface area contributed by atoms with E-state index in [9.17, 15) is 4.79 Å². The van der Waals surface area contributed by atoms with Crippen molar-refractivity contribution in [3.63, 3.8) is 0 Å². The van der Waals surface area contributed by atoms with Crippen LogP contribution in [0.1, 0.15) is 24.5 Å². The minimum atomic E-state index is -0.122. The summed E-state index contributed by atoms with van der Waals surface area (Å²) in [6.45, 7) is 5.42. The molecule has 1 amide bonds. The lowest BCUT2D eigenvalue weighted by Gasteiger charge is -2.14. The second kappa shape index (κ2) is 11.1. The Hall–Kier alpha value is -3.45. The van der Waals surface area contributed by atoms with Gasteiger partial charge in [-0.05, 0) is 70.2 Å². The number of hydrogen-bond donors (Lipinski definition) is 1. The highest BCUT2D eigenvalue weighted by Crippen LogP contribution is 2.42. The van der Waals surface area contributed by atoms with Crippen LogP contribution in [0.5, 0.6) is 17.2 Å². The molecule has 2 aromatic carbocycles. The number of benzene rings is 2. The summed E-state index contributed by atoms with van der Waals surface area (Å²) < 4.78 is 22.5. The van der Waals surface area contributed by atoms with Gasteiger partial charge in [-0.2, -0.15) is 0 Å². The summed E-state index contributed by atoms with van der Waals surface area (Å²) in [6.07, 6.45) is 4.25. The molecule has 3 rings (SSSR count). The van der Waals surface area contributed by atoms with Gasteiger partial charge in [0.1, 0.15) is 11.3 Å². The highest BCUT2D eigenvalue weighted by atomic mass is 16.5. The lowest BCUT2D eigenvalue weighted by molar-refractivity contribution is -0.116. The number of furan rings is 1. The van der Waals surface area contributed by atoms with E-state index in [1.54, 1.807) is 33.7 Å². The number of amides is 1. The van der Waals surface area contributed by atoms with Crippen molar-refractivity contribution in [1.82, 2.24) is 10.2 Å². The van der Waals surface area contributed by atoms with Crippen LogP contribution in [0, 0.1) is 6.92 Å². The third-order valence-electron chi connectivity index (χ3n) is 5.80. The number of fused-ring (bicyclic) bond motifs is 1. The van der Waals surface area contributed by atoms with E-state index in [1.165, 1.54) is 0 Å². The van der Waals surface area contributed by atoms with E-state index in [0.717, 1.165) is 51.8 Å². The van der Waals surface area contributed by atoms with Gasteiger partial charge in [-0.1, -0.05) is 6.07 Å². The van der Waals surface area contributed by atoms with Crippen molar-refractivity contribution in [2.45, 2.75) is 20.3 Å². The molecule has 1 heterocycles. The zero-order chi connectivity index (χ0) is 24.8. The predicted molar refractivity (Wildman–Crippen MR) is 136 cm³/mol. The zero-order valence-corrected chi connectivity index (χ0v) is 21.1. The lowest BCUT2D eigenvalue weighted by atomic mass is 9.96. The molecule has 3 aromatic rings. The molecule has 0 atom stereocenters. The number of rotatable bonds is 10. The van der Waals surface area contributed by atoms with E-state index in [1.807, 2.05) is 52.2 Å². The molecule has 1 aromatic heterocycles. The van der Waals surface area contributed by atoms with E-state index < -0.39 is 0 Å². The van der Waals surface area contributed by atoms with Gasteiger partial charge in [-0.25, -0.2) is 0 Å². The van der Waals surface area contributed by atoms with Crippen LogP contribution in [0.15, 0.2) is 41.0 Å². The Bertz CT molecular complexity index is 1190. The molecule has 1 N–H and O–H groups in total. The average Bonchev–Trinajstić information content (AvgIpc) is 3.25. The predicted octanol–water partition coefficient (Wildman–Crippen LogP) is 4.91. The van der Waals surface area contributed by atoms with Gasteiger partial charge < -0.3 is 28.8 Å². The first-order valence-electron chi connectivity index (χ1n) is 11.2. The van der Waals surface area contributed by atoms with Gasteiger partial charge in [0.2, 0.25) is 5.91 Å². The van der Waals surface area contributed by atoms with Crippen LogP contribution in [0.2, 0.25) is 0 Å². The highest BCUT2D eigenvalue weighted by molar-refractivity contribution is 6.01. The summed E-state index contributed by atoms with van der Waals surface area (Å²) in [5.74, 6) is 1.87. The maximum Gasteiger partial charge on any atom is 0.244 e. The molecule has 0 unspecified atom stereocenters. The van der Waals surface area contributed by atoms with Crippen LogP contribution in [0.25, 0.3) is 27.7 Å². The standard InChI is InChI=1S/C27H34N2O5/c1-17(13-25(30)28-11-8-12-29(3)4)20-15-21-22(16-34-27(21)18(2)26(20)33-7)19-9-10-23(31-5)24(14-19)32-6/h9-10,13-16H,8,11-12H2,1-7H3,(H,28,30)/b17-13+. The van der Waals surface area contributed by atoms with Crippen LogP contribution >= 0.6 is 0 Å². The van der Waals surface area contributed by atoms with Crippen molar-refractivity contribution >= 4 is 22.4 Å². The largest absolute Gasteiger partial charge is 0.496 e. The van der Waals surface area contributed by atoms with Crippen LogP contribution in [-0.4, -0.2) is 59.3 Å². The molecule has 34 heavy (non-hydrogen) atoms. The number of aryl methyl sites for hydroxylation is 1. The number of nitrogens with one attached hydrogen (secondary N) is 1. The molecule has 0 aliphatic carbocycles. The van der Waals surface area contributed by atoms with Crippen LogP contribution in [0.3, 0.4) is 0 Å². The van der Waals surface area contributed by atoms with E-state index in [2.05, 4.69) is 10.2 Å². The van der Waals surface area contributed by atoms with Gasteiger partial charge in [0.05, 0.1) is 27.6 Å². The number of ether oxygens (including phenoxy) is 3. The summed E-state index contributed by atoms with van der Waals surface area (Å²) in [4.78, 5) is 14.6. The van der Waals surface area contributed by atoms with Crippen LogP contribution in [-0.2, 0) is 4.79 Å². The second-order valence-corrected chi connectivity index (χ2v) is 8.45. The molecule has 0 fully saturated rings. The van der Waals surface area contributed by atoms with Gasteiger partial charge in [-0.15, -0.1) is 0 Å². The minimum absolute atomic E-state index is 0.122. The Morgan fingerprint density at radius 2 is 1.82 bits per heavy atom. The molecule has 0 aliphatic heterocycles. The molecular formula is C27H34N2O5. The van der Waals surface area contributed by atoms with Crippen molar-refractivity contribution < 1.29 is 23.4 Å². The number of hydrogen-bond acceptors (Lipinski definition) is 6. The van der Waals surface area contributed by atoms with E-state index in [0.29, 0.717) is 23.8 Å². The van der Waals surface area contributed by atoms with Crippen molar-refractivity contribution in [1.29, 1.82) is 0 Å². The van der Waals surface area contributed by atoms with Gasteiger partial charge in [0.15, 0.2) is 11.5 Å². The molecule has 0 spiro atoms. The monoisotopic (exact) mass is 466 g/mol. The van der Waals surface area contributed by atoms with Gasteiger partial charge in [0, 0.05) is 34.7 Å². The van der Waals surface area contributed by atoms with Gasteiger partial charge in [-0.3, -0.25) is 4.79 Å². The number of carbonyl (C=O) groups is 1. The molecule has 0 aliphatic rings. The first-order valence-corrected chi connectivity index (χ1v) is 11.2. The van der Waals surface area contributed by atoms with Crippen molar-refractivity contribution in [2.75, 3.05) is 48.5 Å². The molecule has 7 nitrogen and oxygen atoms in total. The van der Waals surface area contributed by atoms with Crippen LogP contribution in [0.4, 0.5) is 0 Å². The Labute approximate surface area is 201 Å². The van der Waals surface area contributed by atoms with E-state index in [4.69, 9.17) is 18.6 Å². The number of allylic oxidation sites excluding steroid dienone is 1. The zero-order valence-electron chi connectivity index (χ0n) is 21.1. The summed E-state index contributed by atoms with van der Waals surface area (Å²) in [5.41, 5.74) is 5.13. The smallest absolute Gasteiger partial charge is 0.244 e. The SMILES string of the molecule is COc1ccc(-c2coc3c(C)c(OC)c(/C(C)=C/C(=O)NCCCN(C)C)cc23)cc1OC. The molecule has 0 saturated carbocycles. The Morgan fingerprint density at radius 1 is 1.09 bits per heavy atom. The molecule has 0 saturated heterocycles. The topological polar surface area (TPSA) is 73.2 Å². The lowest BCUT2D eigenvalue weighted by Crippen LogP contribution is -2.25. The molecule has 0 bridgehead atoms. The number of methoxy groups -OCH3 is 3. The fourth-order valence-electron chi connectivity index (χ4n) is 4.03. The van der Waals surface area contributed by atoms with E-state index >= 15 is 0 Å². The maximum absolute atomic E-state index is 12.5. The highest BCUT2D eigenvalue weighted by Gasteiger charge is 2.19. The van der Waals surface area contributed by atoms with Crippen molar-refractivity contribution in [3.8, 4) is 28.4 Å². The minimum Gasteiger partial charge on any atom is -0.496 e. The third kappa shape index (κ3) is 5.37. The summed E-state index contributed by atoms with van der Waals surface area (Å²) in [7, 11) is 8.89. The van der Waals surface area contributed by atoms with Crippen molar-refractivity contribution in [3.05, 3.63) is 47.7 Å². The molecule has 182 valence electrons. The molecular weight excluding hydrogens is 432 g/mol. The Balaban J connectivity index is 2.00. The first-order chi connectivity index (χ1) is 16.3. The number of nitrogens with zero attached hydrogens (tertiary/aromatic N) is 1. The maximum atomic E-state index is 12.5. The molecule has 7 heteroatoms. The summed E-state index contributed by atoms with van der Waals surface area (Å²) in [5, 5.41) is 3.89. The molecule has 0 radical (unpaired) electrons. The van der Waals surface area contributed by atoms with Gasteiger partial charge >= 0.3 is 0 Å². The first kappa shape index (κ1) is 25.2. The van der Waals surface area contributed by atoms with E-state index in [-0.39, 0.29) is 5.91 Å². The average molecular weight is 467 g/mol. The fraction of sp³-hybridized carbons (Fsp3) is 0.370. The third-order valence-corrected chi connectivity index (χ3v) is 5.80. The van der Waals surface area contributed by atoms with Crippen molar-refractivity contribution in [2.24, 2.45) is 0 Å². The summed E-state index contributed by atoms with van der Waals surface area (Å²) >= 11 is 0. The van der Waals surface area contributed by atoms with Gasteiger partial charge in [0.25, 0.3) is 0 Å².